The quantitative estimate of drug-likeness (QED) is 0.525. The summed E-state index contributed by atoms with van der Waals surface area (Å²) >= 11 is 0. The van der Waals surface area contributed by atoms with E-state index in [1.807, 2.05) is 24.3 Å². The first-order valence-corrected chi connectivity index (χ1v) is 9.81. The Morgan fingerprint density at radius 1 is 1.00 bits per heavy atom. The predicted molar refractivity (Wildman–Crippen MR) is 100 cm³/mol. The molecule has 3 aromatic rings. The van der Waals surface area contributed by atoms with Crippen LogP contribution < -0.4 is 15.1 Å². The fourth-order valence-corrected chi connectivity index (χ4v) is 3.81. The molecule has 0 spiro atoms. The summed E-state index contributed by atoms with van der Waals surface area (Å²) in [5.41, 5.74) is 1.88. The highest BCUT2D eigenvalue weighted by Crippen LogP contribution is 2.15. The van der Waals surface area contributed by atoms with Crippen molar-refractivity contribution in [1.29, 1.82) is 0 Å². The van der Waals surface area contributed by atoms with E-state index >= 15 is 0 Å². The van der Waals surface area contributed by atoms with Crippen molar-refractivity contribution in [2.45, 2.75) is 24.2 Å². The van der Waals surface area contributed by atoms with Crippen molar-refractivity contribution in [3.8, 4) is 5.75 Å². The Morgan fingerprint density at radius 2 is 1.73 bits per heavy atom. The minimum Gasteiger partial charge on any atom is -0.497 e. The molecule has 0 bridgehead atoms. The molecule has 0 aliphatic rings. The van der Waals surface area contributed by atoms with E-state index in [4.69, 9.17) is 4.74 Å². The van der Waals surface area contributed by atoms with Crippen molar-refractivity contribution < 1.29 is 13.2 Å². The third-order valence-electron chi connectivity index (χ3n) is 4.14. The summed E-state index contributed by atoms with van der Waals surface area (Å²) < 4.78 is 32.4. The average molecular weight is 375 g/mol. The number of H-pyrrole nitrogens is 2. The van der Waals surface area contributed by atoms with Crippen LogP contribution in [0.1, 0.15) is 18.4 Å². The Bertz CT molecular complexity index is 1040. The maximum Gasteiger partial charge on any atom is 0.323 e. The highest BCUT2D eigenvalue weighted by atomic mass is 32.2. The Kier molecular flexibility index (Phi) is 5.43. The lowest BCUT2D eigenvalue weighted by Crippen LogP contribution is -2.24. The molecule has 0 amide bonds. The van der Waals surface area contributed by atoms with Gasteiger partial charge >= 0.3 is 5.69 Å². The molecular formula is C18H21N3O4S. The van der Waals surface area contributed by atoms with Gasteiger partial charge in [-0.3, -0.25) is 0 Å². The van der Waals surface area contributed by atoms with Crippen molar-refractivity contribution in [2.24, 2.45) is 0 Å². The zero-order chi connectivity index (χ0) is 18.6. The van der Waals surface area contributed by atoms with Gasteiger partial charge in [0.25, 0.3) is 0 Å². The van der Waals surface area contributed by atoms with Crippen LogP contribution in [0.25, 0.3) is 11.0 Å². The van der Waals surface area contributed by atoms with Crippen LogP contribution in [-0.2, 0) is 16.4 Å². The van der Waals surface area contributed by atoms with Gasteiger partial charge in [0.1, 0.15) is 5.75 Å². The number of ether oxygens (including phenoxy) is 1. The van der Waals surface area contributed by atoms with E-state index in [0.29, 0.717) is 17.6 Å². The van der Waals surface area contributed by atoms with Gasteiger partial charge in [-0.2, -0.15) is 0 Å². The summed E-state index contributed by atoms with van der Waals surface area (Å²) in [5.74, 6) is 0.822. The molecule has 3 N–H and O–H groups in total. The van der Waals surface area contributed by atoms with E-state index in [-0.39, 0.29) is 10.6 Å². The average Bonchev–Trinajstić information content (AvgIpc) is 3.01. The minimum atomic E-state index is -3.60. The van der Waals surface area contributed by atoms with Crippen LogP contribution in [-0.4, -0.2) is 32.0 Å². The SMILES string of the molecule is COc1ccc(CCCCNS(=O)(=O)c2ccc3[nH]c(=O)[nH]c3c2)cc1. The minimum absolute atomic E-state index is 0.135. The number of fused-ring (bicyclic) bond motifs is 1. The lowest BCUT2D eigenvalue weighted by molar-refractivity contribution is 0.414. The lowest BCUT2D eigenvalue weighted by Gasteiger charge is -2.07. The number of benzene rings is 2. The van der Waals surface area contributed by atoms with Gasteiger partial charge in [-0.15, -0.1) is 0 Å². The molecule has 138 valence electrons. The number of methoxy groups -OCH3 is 1. The van der Waals surface area contributed by atoms with Gasteiger partial charge in [0.15, 0.2) is 0 Å². The van der Waals surface area contributed by atoms with Crippen molar-refractivity contribution in [3.63, 3.8) is 0 Å². The van der Waals surface area contributed by atoms with E-state index in [9.17, 15) is 13.2 Å². The van der Waals surface area contributed by atoms with Crippen molar-refractivity contribution in [3.05, 3.63) is 58.5 Å². The molecule has 1 aromatic heterocycles. The molecule has 0 radical (unpaired) electrons. The second-order valence-corrected chi connectivity index (χ2v) is 7.76. The maximum absolute atomic E-state index is 12.4. The van der Waals surface area contributed by atoms with Gasteiger partial charge in [0, 0.05) is 6.54 Å². The van der Waals surface area contributed by atoms with Gasteiger partial charge in [0.05, 0.1) is 23.0 Å². The fraction of sp³-hybridized carbons (Fsp3) is 0.278. The lowest BCUT2D eigenvalue weighted by atomic mass is 10.1. The second-order valence-electron chi connectivity index (χ2n) is 5.99. The molecular weight excluding hydrogens is 354 g/mol. The first-order chi connectivity index (χ1) is 12.5. The predicted octanol–water partition coefficient (Wildman–Crippen LogP) is 2.17. The van der Waals surface area contributed by atoms with Crippen LogP contribution in [0.2, 0.25) is 0 Å². The molecule has 0 atom stereocenters. The Hall–Kier alpha value is -2.58. The molecule has 2 aromatic carbocycles. The number of imidazole rings is 1. The number of nitrogens with one attached hydrogen (secondary N) is 3. The number of unbranched alkanes of at least 4 members (excludes halogenated alkanes) is 1. The van der Waals surface area contributed by atoms with E-state index in [1.165, 1.54) is 17.7 Å². The Balaban J connectivity index is 1.51. The third kappa shape index (κ3) is 4.33. The standard InChI is InChI=1S/C18H21N3O4S/c1-25-14-7-5-13(6-8-14)4-2-3-11-19-26(23,24)15-9-10-16-17(12-15)21-18(22)20-16/h5-10,12,19H,2-4,11H2,1H3,(H2,20,21,22). The number of hydrogen-bond acceptors (Lipinski definition) is 4. The van der Waals surface area contributed by atoms with E-state index in [0.717, 1.165) is 25.0 Å². The first-order valence-electron chi connectivity index (χ1n) is 8.32. The van der Waals surface area contributed by atoms with Crippen LogP contribution in [0.5, 0.6) is 5.75 Å². The van der Waals surface area contributed by atoms with E-state index < -0.39 is 10.0 Å². The summed E-state index contributed by atoms with van der Waals surface area (Å²) in [4.78, 5) is 16.5. The highest BCUT2D eigenvalue weighted by molar-refractivity contribution is 7.89. The van der Waals surface area contributed by atoms with Crippen LogP contribution in [0.3, 0.4) is 0 Å². The molecule has 0 aliphatic heterocycles. The molecule has 0 saturated heterocycles. The molecule has 0 unspecified atom stereocenters. The van der Waals surface area contributed by atoms with Gasteiger partial charge < -0.3 is 14.7 Å². The van der Waals surface area contributed by atoms with Crippen LogP contribution in [0.15, 0.2) is 52.2 Å². The molecule has 3 rings (SSSR count). The van der Waals surface area contributed by atoms with Crippen molar-refractivity contribution in [2.75, 3.05) is 13.7 Å². The number of rotatable bonds is 8. The molecule has 0 saturated carbocycles. The summed E-state index contributed by atoms with van der Waals surface area (Å²) in [6.45, 7) is 0.361. The van der Waals surface area contributed by atoms with Crippen molar-refractivity contribution >= 4 is 21.1 Å². The Morgan fingerprint density at radius 3 is 2.46 bits per heavy atom. The molecule has 7 nitrogen and oxygen atoms in total. The van der Waals surface area contributed by atoms with Gasteiger partial charge in [-0.05, 0) is 55.2 Å². The molecule has 26 heavy (non-hydrogen) atoms. The number of aryl methyl sites for hydroxylation is 1. The summed E-state index contributed by atoms with van der Waals surface area (Å²) in [5, 5.41) is 0. The molecule has 1 heterocycles. The number of aromatic nitrogens is 2. The summed E-state index contributed by atoms with van der Waals surface area (Å²) in [6.07, 6.45) is 2.48. The zero-order valence-electron chi connectivity index (χ0n) is 14.4. The van der Waals surface area contributed by atoms with E-state index in [1.54, 1.807) is 13.2 Å². The monoisotopic (exact) mass is 375 g/mol. The van der Waals surface area contributed by atoms with Gasteiger partial charge in [-0.1, -0.05) is 12.1 Å². The van der Waals surface area contributed by atoms with Crippen LogP contribution >= 0.6 is 0 Å². The highest BCUT2D eigenvalue weighted by Gasteiger charge is 2.14. The number of sulfonamides is 1. The fourth-order valence-electron chi connectivity index (χ4n) is 2.72. The Labute approximate surface area is 151 Å². The third-order valence-corrected chi connectivity index (χ3v) is 5.60. The molecule has 0 aliphatic carbocycles. The number of aromatic amines is 2. The van der Waals surface area contributed by atoms with E-state index in [2.05, 4.69) is 14.7 Å². The topological polar surface area (TPSA) is 104 Å². The summed E-state index contributed by atoms with van der Waals surface area (Å²) in [6, 6.07) is 12.4. The zero-order valence-corrected chi connectivity index (χ0v) is 15.2. The second kappa shape index (κ2) is 7.76. The van der Waals surface area contributed by atoms with Gasteiger partial charge in [0.2, 0.25) is 10.0 Å². The molecule has 8 heteroatoms. The first kappa shape index (κ1) is 18.2. The molecule has 0 fully saturated rings. The normalized spacial score (nSPS) is 11.7. The van der Waals surface area contributed by atoms with Crippen molar-refractivity contribution in [1.82, 2.24) is 14.7 Å². The largest absolute Gasteiger partial charge is 0.497 e. The maximum atomic E-state index is 12.4. The number of hydrogen-bond donors (Lipinski definition) is 3. The smallest absolute Gasteiger partial charge is 0.323 e. The van der Waals surface area contributed by atoms with Crippen LogP contribution in [0.4, 0.5) is 0 Å². The van der Waals surface area contributed by atoms with Crippen LogP contribution in [0, 0.1) is 0 Å². The summed E-state index contributed by atoms with van der Waals surface area (Å²) in [7, 11) is -1.97. The van der Waals surface area contributed by atoms with Gasteiger partial charge in [-0.25, -0.2) is 17.9 Å².